The molecule has 0 spiro atoms. The number of aliphatic imine (C=N–C) groups is 1. The molecule has 1 amide bonds. The molecule has 1 aliphatic rings. The summed E-state index contributed by atoms with van der Waals surface area (Å²) in [6, 6.07) is 10.8. The van der Waals surface area contributed by atoms with Gasteiger partial charge in [0.05, 0.1) is 0 Å². The molecule has 0 saturated heterocycles. The lowest BCUT2D eigenvalue weighted by molar-refractivity contribution is -0.128. The van der Waals surface area contributed by atoms with Gasteiger partial charge in [-0.2, -0.15) is 0 Å². The second kappa shape index (κ2) is 9.06. The molecule has 0 radical (unpaired) electrons. The average Bonchev–Trinajstić information content (AvgIpc) is 3.11. The first kappa shape index (κ1) is 20.3. The number of amides is 1. The molecule has 0 aliphatic heterocycles. The van der Waals surface area contributed by atoms with Gasteiger partial charge >= 0.3 is 0 Å². The summed E-state index contributed by atoms with van der Waals surface area (Å²) >= 11 is 0. The van der Waals surface area contributed by atoms with E-state index in [2.05, 4.69) is 51.3 Å². The molecule has 0 heterocycles. The van der Waals surface area contributed by atoms with Gasteiger partial charge in [0.1, 0.15) is 0 Å². The average molecular weight is 359 g/mol. The van der Waals surface area contributed by atoms with Crippen molar-refractivity contribution in [2.75, 3.05) is 26.7 Å². The highest BCUT2D eigenvalue weighted by molar-refractivity contribution is 5.81. The van der Waals surface area contributed by atoms with E-state index in [0.29, 0.717) is 13.1 Å². The Kier molecular flexibility index (Phi) is 7.06. The third-order valence-corrected chi connectivity index (χ3v) is 5.15. The SMILES string of the molecule is CN=C(NCCNC(=O)C(C)(C)C)NCC1(c2ccccc2)CCCC1. The Morgan fingerprint density at radius 3 is 2.23 bits per heavy atom. The smallest absolute Gasteiger partial charge is 0.225 e. The highest BCUT2D eigenvalue weighted by Gasteiger charge is 2.35. The summed E-state index contributed by atoms with van der Waals surface area (Å²) in [7, 11) is 1.78. The molecule has 1 saturated carbocycles. The van der Waals surface area contributed by atoms with Crippen molar-refractivity contribution in [3.05, 3.63) is 35.9 Å². The van der Waals surface area contributed by atoms with E-state index in [1.54, 1.807) is 7.05 Å². The van der Waals surface area contributed by atoms with E-state index in [1.807, 2.05) is 20.8 Å². The van der Waals surface area contributed by atoms with Gasteiger partial charge in [-0.05, 0) is 18.4 Å². The van der Waals surface area contributed by atoms with Crippen molar-refractivity contribution in [1.82, 2.24) is 16.0 Å². The fourth-order valence-electron chi connectivity index (χ4n) is 3.51. The zero-order chi connectivity index (χ0) is 19.0. The van der Waals surface area contributed by atoms with Crippen LogP contribution in [-0.4, -0.2) is 38.5 Å². The number of nitrogens with one attached hydrogen (secondary N) is 3. The van der Waals surface area contributed by atoms with Crippen molar-refractivity contribution in [2.45, 2.75) is 51.9 Å². The van der Waals surface area contributed by atoms with Crippen molar-refractivity contribution in [3.63, 3.8) is 0 Å². The highest BCUT2D eigenvalue weighted by atomic mass is 16.2. The lowest BCUT2D eigenvalue weighted by Crippen LogP contribution is -2.47. The zero-order valence-corrected chi connectivity index (χ0v) is 16.7. The molecule has 0 bridgehead atoms. The van der Waals surface area contributed by atoms with Gasteiger partial charge in [-0.1, -0.05) is 63.9 Å². The van der Waals surface area contributed by atoms with Crippen molar-refractivity contribution in [3.8, 4) is 0 Å². The summed E-state index contributed by atoms with van der Waals surface area (Å²) in [4.78, 5) is 16.2. The van der Waals surface area contributed by atoms with E-state index in [4.69, 9.17) is 0 Å². The standard InChI is InChI=1S/C21H34N4O/c1-20(2,3)18(26)23-14-15-24-19(22-4)25-16-21(12-8-9-13-21)17-10-6-5-7-11-17/h5-7,10-11H,8-9,12-16H2,1-4H3,(H,23,26)(H2,22,24,25). The van der Waals surface area contributed by atoms with Crippen LogP contribution >= 0.6 is 0 Å². The predicted molar refractivity (Wildman–Crippen MR) is 108 cm³/mol. The van der Waals surface area contributed by atoms with Gasteiger partial charge in [-0.3, -0.25) is 9.79 Å². The number of carbonyl (C=O) groups excluding carboxylic acids is 1. The molecule has 1 aromatic carbocycles. The molecule has 5 heteroatoms. The maximum atomic E-state index is 11.9. The first-order valence-electron chi connectivity index (χ1n) is 9.66. The van der Waals surface area contributed by atoms with Crippen LogP contribution in [0.3, 0.4) is 0 Å². The van der Waals surface area contributed by atoms with Crippen molar-refractivity contribution in [2.24, 2.45) is 10.4 Å². The van der Waals surface area contributed by atoms with Crippen LogP contribution in [0, 0.1) is 5.41 Å². The van der Waals surface area contributed by atoms with E-state index < -0.39 is 0 Å². The normalized spacial score (nSPS) is 17.0. The van der Waals surface area contributed by atoms with Gasteiger partial charge in [0.15, 0.2) is 5.96 Å². The fraction of sp³-hybridized carbons (Fsp3) is 0.619. The number of hydrogen-bond acceptors (Lipinski definition) is 2. The van der Waals surface area contributed by atoms with E-state index >= 15 is 0 Å². The number of hydrogen-bond donors (Lipinski definition) is 3. The van der Waals surface area contributed by atoms with Crippen LogP contribution in [0.5, 0.6) is 0 Å². The van der Waals surface area contributed by atoms with Gasteiger partial charge in [-0.25, -0.2) is 0 Å². The molecular weight excluding hydrogens is 324 g/mol. The first-order valence-corrected chi connectivity index (χ1v) is 9.66. The van der Waals surface area contributed by atoms with Gasteiger partial charge in [0.2, 0.25) is 5.91 Å². The molecule has 0 atom stereocenters. The molecule has 1 aromatic rings. The maximum Gasteiger partial charge on any atom is 0.225 e. The monoisotopic (exact) mass is 358 g/mol. The number of rotatable bonds is 6. The van der Waals surface area contributed by atoms with Gasteiger partial charge in [-0.15, -0.1) is 0 Å². The second-order valence-corrected chi connectivity index (χ2v) is 8.21. The lowest BCUT2D eigenvalue weighted by Gasteiger charge is -2.30. The predicted octanol–water partition coefficient (Wildman–Crippen LogP) is 2.83. The van der Waals surface area contributed by atoms with Crippen molar-refractivity contribution < 1.29 is 4.79 Å². The second-order valence-electron chi connectivity index (χ2n) is 8.21. The van der Waals surface area contributed by atoms with Crippen LogP contribution in [0.1, 0.15) is 52.0 Å². The van der Waals surface area contributed by atoms with Crippen LogP contribution < -0.4 is 16.0 Å². The molecule has 1 aliphatic carbocycles. The minimum atomic E-state index is -0.357. The quantitative estimate of drug-likeness (QED) is 0.416. The van der Waals surface area contributed by atoms with Crippen molar-refractivity contribution in [1.29, 1.82) is 0 Å². The first-order chi connectivity index (χ1) is 12.4. The van der Waals surface area contributed by atoms with E-state index in [1.165, 1.54) is 31.2 Å². The van der Waals surface area contributed by atoms with Gasteiger partial charge in [0, 0.05) is 37.5 Å². The fourth-order valence-corrected chi connectivity index (χ4v) is 3.51. The number of benzene rings is 1. The van der Waals surface area contributed by atoms with Crippen LogP contribution in [0.2, 0.25) is 0 Å². The molecule has 3 N–H and O–H groups in total. The van der Waals surface area contributed by atoms with Crippen LogP contribution in [0.15, 0.2) is 35.3 Å². The summed E-state index contributed by atoms with van der Waals surface area (Å²) in [6.07, 6.45) is 4.98. The minimum absolute atomic E-state index is 0.0660. The molecule has 0 aromatic heterocycles. The third kappa shape index (κ3) is 5.48. The van der Waals surface area contributed by atoms with E-state index in [0.717, 1.165) is 12.5 Å². The van der Waals surface area contributed by atoms with E-state index in [-0.39, 0.29) is 16.7 Å². The Balaban J connectivity index is 1.83. The Labute approximate surface area is 158 Å². The molecule has 2 rings (SSSR count). The molecular formula is C21H34N4O. The summed E-state index contributed by atoms with van der Waals surface area (Å²) < 4.78 is 0. The molecule has 5 nitrogen and oxygen atoms in total. The van der Waals surface area contributed by atoms with Crippen LogP contribution in [-0.2, 0) is 10.2 Å². The summed E-state index contributed by atoms with van der Waals surface area (Å²) in [6.45, 7) is 7.87. The van der Waals surface area contributed by atoms with Gasteiger partial charge in [0.25, 0.3) is 0 Å². The highest BCUT2D eigenvalue weighted by Crippen LogP contribution is 2.40. The largest absolute Gasteiger partial charge is 0.356 e. The van der Waals surface area contributed by atoms with Gasteiger partial charge < -0.3 is 16.0 Å². The maximum absolute atomic E-state index is 11.9. The lowest BCUT2D eigenvalue weighted by atomic mass is 9.79. The number of guanidine groups is 1. The number of nitrogens with zero attached hydrogens (tertiary/aromatic N) is 1. The molecule has 144 valence electrons. The third-order valence-electron chi connectivity index (χ3n) is 5.15. The summed E-state index contributed by atoms with van der Waals surface area (Å²) in [5.41, 5.74) is 1.25. The summed E-state index contributed by atoms with van der Waals surface area (Å²) in [5.74, 6) is 0.855. The zero-order valence-electron chi connectivity index (χ0n) is 16.7. The molecule has 1 fully saturated rings. The molecule has 26 heavy (non-hydrogen) atoms. The molecule has 0 unspecified atom stereocenters. The summed E-state index contributed by atoms with van der Waals surface area (Å²) in [5, 5.41) is 9.74. The Morgan fingerprint density at radius 1 is 1.04 bits per heavy atom. The minimum Gasteiger partial charge on any atom is -0.356 e. The topological polar surface area (TPSA) is 65.5 Å². The number of carbonyl (C=O) groups is 1. The Morgan fingerprint density at radius 2 is 1.65 bits per heavy atom. The van der Waals surface area contributed by atoms with Crippen molar-refractivity contribution >= 4 is 11.9 Å². The van der Waals surface area contributed by atoms with Crippen LogP contribution in [0.25, 0.3) is 0 Å². The van der Waals surface area contributed by atoms with E-state index in [9.17, 15) is 4.79 Å². The van der Waals surface area contributed by atoms with Crippen LogP contribution in [0.4, 0.5) is 0 Å². The Hall–Kier alpha value is -2.04. The Bertz CT molecular complexity index is 598.